The van der Waals surface area contributed by atoms with Gasteiger partial charge in [0.25, 0.3) is 5.91 Å². The molecule has 1 aromatic carbocycles. The van der Waals surface area contributed by atoms with E-state index >= 15 is 0 Å². The maximum atomic E-state index is 12.7. The molecule has 5 heteroatoms. The molecule has 1 N–H and O–H groups in total. The highest BCUT2D eigenvalue weighted by molar-refractivity contribution is 5.97. The summed E-state index contributed by atoms with van der Waals surface area (Å²) in [5.74, 6) is 0.783. The van der Waals surface area contributed by atoms with Crippen LogP contribution in [0.15, 0.2) is 24.3 Å². The van der Waals surface area contributed by atoms with Crippen LogP contribution in [0.3, 0.4) is 0 Å². The van der Waals surface area contributed by atoms with E-state index in [0.717, 1.165) is 39.3 Å². The lowest BCUT2D eigenvalue weighted by molar-refractivity contribution is 0.0580. The van der Waals surface area contributed by atoms with Crippen molar-refractivity contribution in [3.05, 3.63) is 29.8 Å². The fraction of sp³-hybridized carbons (Fsp3) is 0.588. The van der Waals surface area contributed by atoms with Crippen LogP contribution in [0, 0.1) is 0 Å². The van der Waals surface area contributed by atoms with Crippen molar-refractivity contribution in [2.24, 2.45) is 0 Å². The van der Waals surface area contributed by atoms with Gasteiger partial charge in [-0.05, 0) is 32.0 Å². The number of hydrogen-bond acceptors (Lipinski definition) is 4. The molecule has 0 aromatic heterocycles. The van der Waals surface area contributed by atoms with Crippen LogP contribution in [-0.2, 0) is 0 Å². The van der Waals surface area contributed by atoms with Gasteiger partial charge in [0.05, 0.1) is 12.2 Å². The molecular weight excluding hydrogens is 278 g/mol. The minimum Gasteiger partial charge on any atom is -0.493 e. The zero-order chi connectivity index (χ0) is 15.4. The van der Waals surface area contributed by atoms with Crippen molar-refractivity contribution in [1.29, 1.82) is 0 Å². The average Bonchev–Trinajstić information content (AvgIpc) is 3.10. The van der Waals surface area contributed by atoms with Crippen molar-refractivity contribution < 1.29 is 9.53 Å². The van der Waals surface area contributed by atoms with Gasteiger partial charge in [-0.1, -0.05) is 12.1 Å². The van der Waals surface area contributed by atoms with Crippen molar-refractivity contribution in [2.75, 3.05) is 45.9 Å². The Morgan fingerprint density at radius 2 is 2.05 bits per heavy atom. The molecule has 2 saturated heterocycles. The Kier molecular flexibility index (Phi) is 4.95. The Balaban J connectivity index is 1.62. The van der Waals surface area contributed by atoms with Gasteiger partial charge in [-0.3, -0.25) is 9.69 Å². The summed E-state index contributed by atoms with van der Waals surface area (Å²) in [6.07, 6.45) is 1.22. The molecule has 2 heterocycles. The lowest BCUT2D eigenvalue weighted by Gasteiger charge is -2.38. The maximum Gasteiger partial charge on any atom is 0.257 e. The molecule has 1 amide bonds. The van der Waals surface area contributed by atoms with Gasteiger partial charge in [-0.15, -0.1) is 0 Å². The first-order chi connectivity index (χ1) is 10.8. The Hall–Kier alpha value is -1.59. The second kappa shape index (κ2) is 7.11. The van der Waals surface area contributed by atoms with Gasteiger partial charge in [-0.25, -0.2) is 0 Å². The van der Waals surface area contributed by atoms with E-state index in [1.54, 1.807) is 0 Å². The summed E-state index contributed by atoms with van der Waals surface area (Å²) in [5, 5.41) is 3.41. The van der Waals surface area contributed by atoms with Gasteiger partial charge in [0, 0.05) is 38.8 Å². The number of carbonyl (C=O) groups excluding carboxylic acids is 1. The van der Waals surface area contributed by atoms with Crippen LogP contribution in [0.4, 0.5) is 0 Å². The predicted octanol–water partition coefficient (Wildman–Crippen LogP) is 1.20. The van der Waals surface area contributed by atoms with Crippen LogP contribution in [0.5, 0.6) is 5.75 Å². The third kappa shape index (κ3) is 3.25. The van der Waals surface area contributed by atoms with Crippen LogP contribution < -0.4 is 10.1 Å². The van der Waals surface area contributed by atoms with Crippen molar-refractivity contribution in [3.8, 4) is 5.75 Å². The van der Waals surface area contributed by atoms with E-state index in [2.05, 4.69) is 10.2 Å². The SMILES string of the molecule is CCOc1ccccc1C(=O)N1CCN(C2CCNC2)CC1. The molecule has 0 aliphatic carbocycles. The van der Waals surface area contributed by atoms with Gasteiger partial charge in [0.15, 0.2) is 0 Å². The van der Waals surface area contributed by atoms with E-state index < -0.39 is 0 Å². The van der Waals surface area contributed by atoms with Crippen LogP contribution in [0.25, 0.3) is 0 Å². The Morgan fingerprint density at radius 1 is 1.27 bits per heavy atom. The van der Waals surface area contributed by atoms with E-state index in [0.29, 0.717) is 24.0 Å². The monoisotopic (exact) mass is 303 g/mol. The fourth-order valence-electron chi connectivity index (χ4n) is 3.34. The van der Waals surface area contributed by atoms with Crippen LogP contribution >= 0.6 is 0 Å². The van der Waals surface area contributed by atoms with Crippen molar-refractivity contribution in [2.45, 2.75) is 19.4 Å². The molecule has 1 atom stereocenters. The lowest BCUT2D eigenvalue weighted by atomic mass is 10.1. The first kappa shape index (κ1) is 15.3. The van der Waals surface area contributed by atoms with E-state index in [-0.39, 0.29) is 5.91 Å². The summed E-state index contributed by atoms with van der Waals surface area (Å²) in [4.78, 5) is 17.2. The molecule has 0 spiro atoms. The number of piperazine rings is 1. The highest BCUT2D eigenvalue weighted by atomic mass is 16.5. The van der Waals surface area contributed by atoms with Gasteiger partial charge >= 0.3 is 0 Å². The topological polar surface area (TPSA) is 44.8 Å². The first-order valence-electron chi connectivity index (χ1n) is 8.25. The number of nitrogens with one attached hydrogen (secondary N) is 1. The average molecular weight is 303 g/mol. The Labute approximate surface area is 132 Å². The third-order valence-electron chi connectivity index (χ3n) is 4.57. The Bertz CT molecular complexity index is 506. The van der Waals surface area contributed by atoms with Gasteiger partial charge in [0.2, 0.25) is 0 Å². The minimum atomic E-state index is 0.0910. The number of amides is 1. The fourth-order valence-corrected chi connectivity index (χ4v) is 3.34. The zero-order valence-electron chi connectivity index (χ0n) is 13.3. The summed E-state index contributed by atoms with van der Waals surface area (Å²) in [6, 6.07) is 8.19. The van der Waals surface area contributed by atoms with E-state index in [1.807, 2.05) is 36.1 Å². The van der Waals surface area contributed by atoms with Crippen LogP contribution in [0.2, 0.25) is 0 Å². The van der Waals surface area contributed by atoms with Crippen LogP contribution in [0.1, 0.15) is 23.7 Å². The molecular formula is C17H25N3O2. The number of hydrogen-bond donors (Lipinski definition) is 1. The summed E-state index contributed by atoms with van der Waals surface area (Å²) in [7, 11) is 0. The molecule has 0 radical (unpaired) electrons. The number of ether oxygens (including phenoxy) is 1. The quantitative estimate of drug-likeness (QED) is 0.908. The van der Waals surface area contributed by atoms with E-state index in [9.17, 15) is 4.79 Å². The molecule has 0 bridgehead atoms. The summed E-state index contributed by atoms with van der Waals surface area (Å²) < 4.78 is 5.59. The number of benzene rings is 1. The first-order valence-corrected chi connectivity index (χ1v) is 8.25. The van der Waals surface area contributed by atoms with Crippen molar-refractivity contribution in [1.82, 2.24) is 15.1 Å². The summed E-state index contributed by atoms with van der Waals surface area (Å²) in [5.41, 5.74) is 0.681. The molecule has 2 aliphatic heterocycles. The molecule has 3 rings (SSSR count). The standard InChI is InChI=1S/C17H25N3O2/c1-2-22-16-6-4-3-5-15(16)17(21)20-11-9-19(10-12-20)14-7-8-18-13-14/h3-6,14,18H,2,7-13H2,1H3. The summed E-state index contributed by atoms with van der Waals surface area (Å²) >= 11 is 0. The third-order valence-corrected chi connectivity index (χ3v) is 4.57. The highest BCUT2D eigenvalue weighted by Gasteiger charge is 2.28. The molecule has 1 unspecified atom stereocenters. The van der Waals surface area contributed by atoms with Crippen molar-refractivity contribution in [3.63, 3.8) is 0 Å². The number of rotatable bonds is 4. The van der Waals surface area contributed by atoms with Gasteiger partial charge < -0.3 is 15.0 Å². The minimum absolute atomic E-state index is 0.0910. The zero-order valence-corrected chi connectivity index (χ0v) is 13.3. The second-order valence-corrected chi connectivity index (χ2v) is 5.90. The van der Waals surface area contributed by atoms with Gasteiger partial charge in [0.1, 0.15) is 5.75 Å². The normalized spacial score (nSPS) is 22.8. The Morgan fingerprint density at radius 3 is 2.73 bits per heavy atom. The molecule has 2 fully saturated rings. The number of carbonyl (C=O) groups is 1. The maximum absolute atomic E-state index is 12.7. The molecule has 5 nitrogen and oxygen atoms in total. The predicted molar refractivity (Wildman–Crippen MR) is 86.4 cm³/mol. The lowest BCUT2D eigenvalue weighted by Crippen LogP contribution is -2.52. The molecule has 0 saturated carbocycles. The largest absolute Gasteiger partial charge is 0.493 e. The number of para-hydroxylation sites is 1. The number of nitrogens with zero attached hydrogens (tertiary/aromatic N) is 2. The molecule has 22 heavy (non-hydrogen) atoms. The van der Waals surface area contributed by atoms with E-state index in [1.165, 1.54) is 6.42 Å². The molecule has 2 aliphatic rings. The van der Waals surface area contributed by atoms with Crippen molar-refractivity contribution >= 4 is 5.91 Å². The van der Waals surface area contributed by atoms with Gasteiger partial charge in [-0.2, -0.15) is 0 Å². The van der Waals surface area contributed by atoms with E-state index in [4.69, 9.17) is 4.74 Å². The summed E-state index contributed by atoms with van der Waals surface area (Å²) in [6.45, 7) is 8.25. The molecule has 1 aromatic rings. The van der Waals surface area contributed by atoms with Crippen LogP contribution in [-0.4, -0.2) is 67.6 Å². The second-order valence-electron chi connectivity index (χ2n) is 5.90. The highest BCUT2D eigenvalue weighted by Crippen LogP contribution is 2.21. The smallest absolute Gasteiger partial charge is 0.257 e. The molecule has 120 valence electrons.